The Balaban J connectivity index is 1.95. The van der Waals surface area contributed by atoms with E-state index < -0.39 is 16.0 Å². The molecular formula is C18H25N3O5S. The third-order valence-corrected chi connectivity index (χ3v) is 5.95. The van der Waals surface area contributed by atoms with Crippen LogP contribution in [0.15, 0.2) is 41.8 Å². The summed E-state index contributed by atoms with van der Waals surface area (Å²) in [5, 5.41) is 11.8. The molecule has 0 heterocycles. The number of carbonyl (C=O) groups excluding carboxylic acids is 1. The van der Waals surface area contributed by atoms with Crippen LogP contribution in [0.4, 0.5) is 0 Å². The number of benzene rings is 1. The molecule has 0 atom stereocenters. The number of amides is 1. The third kappa shape index (κ3) is 5.62. The van der Waals surface area contributed by atoms with E-state index in [1.807, 2.05) is 11.8 Å². The van der Waals surface area contributed by atoms with Gasteiger partial charge in [0, 0.05) is 24.2 Å². The Morgan fingerprint density at radius 1 is 1.37 bits per heavy atom. The lowest BCUT2D eigenvalue weighted by Crippen LogP contribution is -2.54. The van der Waals surface area contributed by atoms with Crippen molar-refractivity contribution in [2.75, 3.05) is 19.6 Å². The number of nitrogens with zero attached hydrogens (tertiary/aromatic N) is 1. The van der Waals surface area contributed by atoms with Crippen LogP contribution in [0.5, 0.6) is 0 Å². The SMILES string of the molecule is C=CCNS(=O)(=O)c1cccc(C(=O)NC2CC(N(CC)CC(=O)O)C2)c1. The highest BCUT2D eigenvalue weighted by Crippen LogP contribution is 2.26. The Bertz CT molecular complexity index is 803. The molecule has 0 aromatic heterocycles. The maximum atomic E-state index is 12.4. The molecule has 1 fully saturated rings. The molecule has 1 aliphatic rings. The molecule has 0 bridgehead atoms. The summed E-state index contributed by atoms with van der Waals surface area (Å²) >= 11 is 0. The summed E-state index contributed by atoms with van der Waals surface area (Å²) in [7, 11) is -3.70. The number of aliphatic carboxylic acids is 1. The Morgan fingerprint density at radius 2 is 2.07 bits per heavy atom. The maximum absolute atomic E-state index is 12.4. The second kappa shape index (κ2) is 9.12. The number of likely N-dealkylation sites (N-methyl/N-ethyl adjacent to an activating group) is 1. The van der Waals surface area contributed by atoms with E-state index in [2.05, 4.69) is 16.6 Å². The zero-order chi connectivity index (χ0) is 20.0. The van der Waals surface area contributed by atoms with Crippen molar-refractivity contribution in [1.82, 2.24) is 14.9 Å². The predicted molar refractivity (Wildman–Crippen MR) is 101 cm³/mol. The van der Waals surface area contributed by atoms with Gasteiger partial charge in [-0.1, -0.05) is 19.1 Å². The van der Waals surface area contributed by atoms with Gasteiger partial charge < -0.3 is 10.4 Å². The van der Waals surface area contributed by atoms with Crippen molar-refractivity contribution in [3.05, 3.63) is 42.5 Å². The van der Waals surface area contributed by atoms with Crippen molar-refractivity contribution >= 4 is 21.9 Å². The Labute approximate surface area is 159 Å². The van der Waals surface area contributed by atoms with Gasteiger partial charge in [-0.15, -0.1) is 6.58 Å². The summed E-state index contributed by atoms with van der Waals surface area (Å²) < 4.78 is 26.7. The number of hydrogen-bond donors (Lipinski definition) is 3. The van der Waals surface area contributed by atoms with Crippen molar-refractivity contribution in [2.45, 2.75) is 36.7 Å². The van der Waals surface area contributed by atoms with Crippen molar-refractivity contribution in [2.24, 2.45) is 0 Å². The molecule has 0 unspecified atom stereocenters. The molecular weight excluding hydrogens is 370 g/mol. The molecule has 1 aromatic carbocycles. The average molecular weight is 395 g/mol. The van der Waals surface area contributed by atoms with E-state index in [0.717, 1.165) is 0 Å². The largest absolute Gasteiger partial charge is 0.480 e. The number of carboxylic acid groups (broad SMARTS) is 1. The first kappa shape index (κ1) is 21.1. The lowest BCUT2D eigenvalue weighted by molar-refractivity contribution is -0.139. The van der Waals surface area contributed by atoms with Gasteiger partial charge in [0.25, 0.3) is 5.91 Å². The average Bonchev–Trinajstić information content (AvgIpc) is 2.60. The van der Waals surface area contributed by atoms with Crippen LogP contribution >= 0.6 is 0 Å². The summed E-state index contributed by atoms with van der Waals surface area (Å²) in [6.07, 6.45) is 2.78. The van der Waals surface area contributed by atoms with Crippen molar-refractivity contribution < 1.29 is 23.1 Å². The molecule has 1 aliphatic carbocycles. The zero-order valence-corrected chi connectivity index (χ0v) is 16.0. The van der Waals surface area contributed by atoms with Gasteiger partial charge >= 0.3 is 5.97 Å². The van der Waals surface area contributed by atoms with Gasteiger partial charge in [0.15, 0.2) is 0 Å². The fourth-order valence-corrected chi connectivity index (χ4v) is 4.05. The van der Waals surface area contributed by atoms with E-state index in [9.17, 15) is 18.0 Å². The molecule has 0 saturated heterocycles. The highest BCUT2D eigenvalue weighted by atomic mass is 32.2. The number of nitrogens with one attached hydrogen (secondary N) is 2. The fraction of sp³-hybridized carbons (Fsp3) is 0.444. The van der Waals surface area contributed by atoms with Gasteiger partial charge in [-0.2, -0.15) is 0 Å². The van der Waals surface area contributed by atoms with Crippen LogP contribution in [0.2, 0.25) is 0 Å². The van der Waals surface area contributed by atoms with Gasteiger partial charge in [0.05, 0.1) is 11.4 Å². The molecule has 0 spiro atoms. The molecule has 27 heavy (non-hydrogen) atoms. The van der Waals surface area contributed by atoms with E-state index in [4.69, 9.17) is 5.11 Å². The number of sulfonamides is 1. The third-order valence-electron chi connectivity index (χ3n) is 4.53. The molecule has 9 heteroatoms. The number of carboxylic acids is 1. The van der Waals surface area contributed by atoms with Crippen LogP contribution in [0.25, 0.3) is 0 Å². The number of hydrogen-bond acceptors (Lipinski definition) is 5. The van der Waals surface area contributed by atoms with E-state index in [1.54, 1.807) is 6.07 Å². The first-order chi connectivity index (χ1) is 12.8. The standard InChI is InChI=1S/C18H25N3O5S/c1-3-8-19-27(25,26)16-7-5-6-13(9-16)18(24)20-14-10-15(11-14)21(4-2)12-17(22)23/h3,5-7,9,14-15,19H,1,4,8,10-12H2,2H3,(H,20,24)(H,22,23). The second-order valence-corrected chi connectivity index (χ2v) is 8.19. The van der Waals surface area contributed by atoms with Gasteiger partial charge in [-0.3, -0.25) is 14.5 Å². The predicted octanol–water partition coefficient (Wildman–Crippen LogP) is 0.818. The van der Waals surface area contributed by atoms with Crippen LogP contribution in [0.1, 0.15) is 30.1 Å². The van der Waals surface area contributed by atoms with Crippen LogP contribution < -0.4 is 10.0 Å². The summed E-state index contributed by atoms with van der Waals surface area (Å²) in [4.78, 5) is 25.2. The fourth-order valence-electron chi connectivity index (χ4n) is 3.00. The highest BCUT2D eigenvalue weighted by Gasteiger charge is 2.34. The minimum absolute atomic E-state index is 0.0144. The monoisotopic (exact) mass is 395 g/mol. The van der Waals surface area contributed by atoms with Crippen LogP contribution in [0, 0.1) is 0 Å². The first-order valence-corrected chi connectivity index (χ1v) is 10.2. The van der Waals surface area contributed by atoms with Crippen molar-refractivity contribution in [3.63, 3.8) is 0 Å². The van der Waals surface area contributed by atoms with Gasteiger partial charge in [-0.25, -0.2) is 13.1 Å². The Kier molecular flexibility index (Phi) is 7.11. The zero-order valence-electron chi connectivity index (χ0n) is 15.2. The summed E-state index contributed by atoms with van der Waals surface area (Å²) in [6.45, 7) is 6.09. The maximum Gasteiger partial charge on any atom is 0.317 e. The van der Waals surface area contributed by atoms with Gasteiger partial charge in [0.2, 0.25) is 10.0 Å². The molecule has 0 aliphatic heterocycles. The summed E-state index contributed by atoms with van der Waals surface area (Å²) in [6, 6.07) is 5.91. The van der Waals surface area contributed by atoms with Gasteiger partial charge in [0.1, 0.15) is 0 Å². The van der Waals surface area contributed by atoms with Gasteiger partial charge in [-0.05, 0) is 37.6 Å². The molecule has 0 radical (unpaired) electrons. The smallest absolute Gasteiger partial charge is 0.317 e. The minimum Gasteiger partial charge on any atom is -0.480 e. The minimum atomic E-state index is -3.70. The van der Waals surface area contributed by atoms with E-state index >= 15 is 0 Å². The van der Waals surface area contributed by atoms with Crippen molar-refractivity contribution in [1.29, 1.82) is 0 Å². The molecule has 1 amide bonds. The highest BCUT2D eigenvalue weighted by molar-refractivity contribution is 7.89. The Hall–Kier alpha value is -2.23. The lowest BCUT2D eigenvalue weighted by Gasteiger charge is -2.42. The van der Waals surface area contributed by atoms with Crippen molar-refractivity contribution in [3.8, 4) is 0 Å². The molecule has 3 N–H and O–H groups in total. The van der Waals surface area contributed by atoms with Crippen LogP contribution in [-0.4, -0.2) is 62.0 Å². The van der Waals surface area contributed by atoms with E-state index in [1.165, 1.54) is 24.3 Å². The lowest BCUT2D eigenvalue weighted by atomic mass is 9.85. The molecule has 1 aromatic rings. The van der Waals surface area contributed by atoms with E-state index in [-0.39, 0.29) is 41.5 Å². The van der Waals surface area contributed by atoms with Crippen LogP contribution in [0.3, 0.4) is 0 Å². The first-order valence-electron chi connectivity index (χ1n) is 8.74. The number of carbonyl (C=O) groups is 2. The second-order valence-electron chi connectivity index (χ2n) is 6.42. The molecule has 1 saturated carbocycles. The quantitative estimate of drug-likeness (QED) is 0.505. The van der Waals surface area contributed by atoms with E-state index in [0.29, 0.717) is 19.4 Å². The number of rotatable bonds is 10. The molecule has 8 nitrogen and oxygen atoms in total. The molecule has 148 valence electrons. The van der Waals surface area contributed by atoms with Crippen LogP contribution in [-0.2, 0) is 14.8 Å². The summed E-state index contributed by atoms with van der Waals surface area (Å²) in [5.74, 6) is -1.21. The summed E-state index contributed by atoms with van der Waals surface area (Å²) in [5.41, 5.74) is 0.262. The molecule has 2 rings (SSSR count). The normalized spacial score (nSPS) is 19.3. The Morgan fingerprint density at radius 3 is 2.67 bits per heavy atom. The topological polar surface area (TPSA) is 116 Å².